The van der Waals surface area contributed by atoms with Gasteiger partial charge >= 0.3 is 18.1 Å². The average Bonchev–Trinajstić information content (AvgIpc) is 3.34. The number of esters is 1. The van der Waals surface area contributed by atoms with Gasteiger partial charge in [-0.2, -0.15) is 0 Å². The Balaban J connectivity index is 1.82. The van der Waals surface area contributed by atoms with Crippen molar-refractivity contribution in [3.63, 3.8) is 0 Å². The summed E-state index contributed by atoms with van der Waals surface area (Å²) in [4.78, 5) is 46.9. The smallest absolute Gasteiger partial charge is 0.412 e. The Morgan fingerprint density at radius 2 is 1.85 bits per heavy atom. The van der Waals surface area contributed by atoms with Crippen LogP contribution in [0.1, 0.15) is 44.0 Å². The molecule has 9 nitrogen and oxygen atoms in total. The maximum atomic E-state index is 12.0. The Bertz CT molecular complexity index is 737. The summed E-state index contributed by atoms with van der Waals surface area (Å²) in [5.74, 6) is -1.50. The second-order valence-corrected chi connectivity index (χ2v) is 7.08. The summed E-state index contributed by atoms with van der Waals surface area (Å²) in [6, 6.07) is 5.49. The van der Waals surface area contributed by atoms with Gasteiger partial charge in [-0.3, -0.25) is 15.4 Å². The van der Waals surface area contributed by atoms with Crippen LogP contribution in [0.2, 0.25) is 0 Å². The fourth-order valence-electron chi connectivity index (χ4n) is 1.97. The quantitative estimate of drug-likeness (QED) is 0.676. The fraction of sp³-hybridized carbons (Fsp3) is 0.444. The molecule has 1 aliphatic carbocycles. The third-order valence-corrected chi connectivity index (χ3v) is 3.24. The largest absolute Gasteiger partial charge is 0.452 e. The van der Waals surface area contributed by atoms with Gasteiger partial charge in [-0.05, 0) is 51.8 Å². The SMILES string of the molecule is CC(C)(C)OC(=O)Nc1cccc(C(=O)OCC(=O)NC(=O)NC2CC2)c1. The molecule has 0 unspecified atom stereocenters. The van der Waals surface area contributed by atoms with Crippen molar-refractivity contribution < 1.29 is 28.7 Å². The number of carbonyl (C=O) groups excluding carboxylic acids is 4. The summed E-state index contributed by atoms with van der Waals surface area (Å²) in [5, 5.41) is 7.17. The second-order valence-electron chi connectivity index (χ2n) is 7.08. The minimum Gasteiger partial charge on any atom is -0.452 e. The summed E-state index contributed by atoms with van der Waals surface area (Å²) in [6.07, 6.45) is 1.13. The minimum absolute atomic E-state index is 0.112. The van der Waals surface area contributed by atoms with Crippen LogP contribution in [0.5, 0.6) is 0 Å². The van der Waals surface area contributed by atoms with E-state index >= 15 is 0 Å². The topological polar surface area (TPSA) is 123 Å². The van der Waals surface area contributed by atoms with Gasteiger partial charge in [0, 0.05) is 11.7 Å². The van der Waals surface area contributed by atoms with E-state index in [1.807, 2.05) is 0 Å². The molecule has 1 aliphatic rings. The summed E-state index contributed by atoms with van der Waals surface area (Å²) < 4.78 is 10.0. The van der Waals surface area contributed by atoms with E-state index < -0.39 is 36.2 Å². The molecule has 0 saturated heterocycles. The lowest BCUT2D eigenvalue weighted by Crippen LogP contribution is -2.42. The number of anilines is 1. The van der Waals surface area contributed by atoms with Crippen LogP contribution in [0.25, 0.3) is 0 Å². The van der Waals surface area contributed by atoms with Crippen molar-refractivity contribution in [2.24, 2.45) is 0 Å². The Morgan fingerprint density at radius 3 is 2.48 bits per heavy atom. The van der Waals surface area contributed by atoms with Crippen LogP contribution >= 0.6 is 0 Å². The number of imide groups is 1. The van der Waals surface area contributed by atoms with Crippen LogP contribution < -0.4 is 16.0 Å². The van der Waals surface area contributed by atoms with E-state index in [0.29, 0.717) is 5.69 Å². The molecule has 1 aromatic rings. The number of carbonyl (C=O) groups is 4. The van der Waals surface area contributed by atoms with Crippen molar-refractivity contribution in [3.05, 3.63) is 29.8 Å². The molecule has 1 aromatic carbocycles. The number of nitrogens with one attached hydrogen (secondary N) is 3. The number of hydrogen-bond acceptors (Lipinski definition) is 6. The lowest BCUT2D eigenvalue weighted by atomic mass is 10.2. The predicted octanol–water partition coefficient (Wildman–Crippen LogP) is 2.18. The number of hydrogen-bond donors (Lipinski definition) is 3. The Morgan fingerprint density at radius 1 is 1.15 bits per heavy atom. The van der Waals surface area contributed by atoms with Gasteiger partial charge < -0.3 is 14.8 Å². The van der Waals surface area contributed by atoms with Crippen LogP contribution in [0.3, 0.4) is 0 Å². The molecule has 4 amide bonds. The average molecular weight is 377 g/mol. The Labute approximate surface area is 156 Å². The molecular formula is C18H23N3O6. The van der Waals surface area contributed by atoms with E-state index in [2.05, 4.69) is 16.0 Å². The first-order chi connectivity index (χ1) is 12.6. The van der Waals surface area contributed by atoms with Gasteiger partial charge in [0.25, 0.3) is 5.91 Å². The molecule has 0 atom stereocenters. The monoisotopic (exact) mass is 377 g/mol. The van der Waals surface area contributed by atoms with Crippen molar-refractivity contribution >= 4 is 29.7 Å². The number of benzene rings is 1. The van der Waals surface area contributed by atoms with Crippen LogP contribution in [-0.4, -0.2) is 42.3 Å². The molecule has 0 radical (unpaired) electrons. The summed E-state index contributed by atoms with van der Waals surface area (Å²) in [7, 11) is 0. The molecular weight excluding hydrogens is 354 g/mol. The second kappa shape index (κ2) is 8.52. The molecule has 146 valence electrons. The van der Waals surface area contributed by atoms with Gasteiger partial charge in [0.05, 0.1) is 5.56 Å². The molecule has 1 saturated carbocycles. The van der Waals surface area contributed by atoms with Crippen molar-refractivity contribution in [2.75, 3.05) is 11.9 Å². The minimum atomic E-state index is -0.763. The fourth-order valence-corrected chi connectivity index (χ4v) is 1.97. The van der Waals surface area contributed by atoms with Gasteiger partial charge in [-0.25, -0.2) is 14.4 Å². The van der Waals surface area contributed by atoms with Crippen molar-refractivity contribution in [3.8, 4) is 0 Å². The first-order valence-electron chi connectivity index (χ1n) is 8.50. The van der Waals surface area contributed by atoms with E-state index in [1.165, 1.54) is 12.1 Å². The standard InChI is InChI=1S/C18H23N3O6/c1-18(2,3)27-17(25)20-13-6-4-5-11(9-13)15(23)26-10-14(22)21-16(24)19-12-7-8-12/h4-6,9,12H,7-8,10H2,1-3H3,(H,20,25)(H2,19,21,22,24). The molecule has 0 spiro atoms. The summed E-state index contributed by atoms with van der Waals surface area (Å²) in [6.45, 7) is 4.60. The molecule has 0 aliphatic heterocycles. The molecule has 3 N–H and O–H groups in total. The van der Waals surface area contributed by atoms with E-state index in [0.717, 1.165) is 12.8 Å². The molecule has 0 aromatic heterocycles. The predicted molar refractivity (Wildman–Crippen MR) is 96.3 cm³/mol. The summed E-state index contributed by atoms with van der Waals surface area (Å²) in [5.41, 5.74) is -0.175. The van der Waals surface area contributed by atoms with Gasteiger partial charge in [-0.1, -0.05) is 6.07 Å². The Kier molecular flexibility index (Phi) is 6.38. The van der Waals surface area contributed by atoms with Crippen molar-refractivity contribution in [2.45, 2.75) is 45.3 Å². The van der Waals surface area contributed by atoms with Gasteiger partial charge in [0.2, 0.25) is 0 Å². The first kappa shape index (κ1) is 20.2. The number of ether oxygens (including phenoxy) is 2. The van der Waals surface area contributed by atoms with Gasteiger partial charge in [-0.15, -0.1) is 0 Å². The highest BCUT2D eigenvalue weighted by molar-refractivity contribution is 5.97. The summed E-state index contributed by atoms with van der Waals surface area (Å²) >= 11 is 0. The third kappa shape index (κ3) is 7.76. The molecule has 2 rings (SSSR count). The Hall–Kier alpha value is -3.10. The molecule has 9 heteroatoms. The zero-order chi connectivity index (χ0) is 20.0. The lowest BCUT2D eigenvalue weighted by Gasteiger charge is -2.19. The highest BCUT2D eigenvalue weighted by atomic mass is 16.6. The molecule has 1 fully saturated rings. The van der Waals surface area contributed by atoms with E-state index in [9.17, 15) is 19.2 Å². The van der Waals surface area contributed by atoms with Crippen molar-refractivity contribution in [1.29, 1.82) is 0 Å². The zero-order valence-corrected chi connectivity index (χ0v) is 15.5. The van der Waals surface area contributed by atoms with Crippen LogP contribution in [-0.2, 0) is 14.3 Å². The molecule has 0 heterocycles. The zero-order valence-electron chi connectivity index (χ0n) is 15.5. The maximum absolute atomic E-state index is 12.0. The van der Waals surface area contributed by atoms with E-state index in [1.54, 1.807) is 32.9 Å². The first-order valence-corrected chi connectivity index (χ1v) is 8.50. The van der Waals surface area contributed by atoms with Crippen molar-refractivity contribution in [1.82, 2.24) is 10.6 Å². The lowest BCUT2D eigenvalue weighted by molar-refractivity contribution is -0.123. The molecule has 27 heavy (non-hydrogen) atoms. The third-order valence-electron chi connectivity index (χ3n) is 3.24. The highest BCUT2D eigenvalue weighted by Gasteiger charge is 2.24. The highest BCUT2D eigenvalue weighted by Crippen LogP contribution is 2.18. The maximum Gasteiger partial charge on any atom is 0.412 e. The van der Waals surface area contributed by atoms with Crippen LogP contribution in [0, 0.1) is 0 Å². The number of urea groups is 1. The van der Waals surface area contributed by atoms with E-state index in [-0.39, 0.29) is 11.6 Å². The van der Waals surface area contributed by atoms with Gasteiger partial charge in [0.1, 0.15) is 5.60 Å². The van der Waals surface area contributed by atoms with Crippen LogP contribution in [0.15, 0.2) is 24.3 Å². The number of amides is 4. The normalized spacial score (nSPS) is 13.3. The van der Waals surface area contributed by atoms with Gasteiger partial charge in [0.15, 0.2) is 6.61 Å². The molecule has 0 bridgehead atoms. The van der Waals surface area contributed by atoms with Crippen LogP contribution in [0.4, 0.5) is 15.3 Å². The number of rotatable bonds is 5. The van der Waals surface area contributed by atoms with E-state index in [4.69, 9.17) is 9.47 Å².